The van der Waals surface area contributed by atoms with Crippen molar-refractivity contribution in [3.8, 4) is 0 Å². The van der Waals surface area contributed by atoms with E-state index in [-0.39, 0.29) is 17.7 Å². The van der Waals surface area contributed by atoms with Crippen molar-refractivity contribution in [2.45, 2.75) is 31.7 Å². The fourth-order valence-electron chi connectivity index (χ4n) is 3.54. The van der Waals surface area contributed by atoms with Gasteiger partial charge in [0, 0.05) is 17.4 Å². The molecule has 2 fully saturated rings. The Bertz CT molecular complexity index is 714. The number of aliphatic carboxylic acids is 1. The normalized spacial score (nSPS) is 25.7. The van der Waals surface area contributed by atoms with E-state index in [2.05, 4.69) is 5.32 Å². The Morgan fingerprint density at radius 3 is 2.73 bits per heavy atom. The van der Waals surface area contributed by atoms with Gasteiger partial charge in [0.15, 0.2) is 0 Å². The third-order valence-corrected chi connectivity index (χ3v) is 5.95. The van der Waals surface area contributed by atoms with E-state index in [9.17, 15) is 23.9 Å². The molecule has 1 aromatic carbocycles. The maximum atomic E-state index is 13.3. The molecule has 140 valence electrons. The lowest BCUT2D eigenvalue weighted by Crippen LogP contribution is -2.47. The van der Waals surface area contributed by atoms with Crippen LogP contribution in [0.25, 0.3) is 0 Å². The Labute approximate surface area is 155 Å². The van der Waals surface area contributed by atoms with Crippen molar-refractivity contribution in [2.75, 3.05) is 16.9 Å². The molecule has 26 heavy (non-hydrogen) atoms. The molecule has 3 rings (SSSR count). The van der Waals surface area contributed by atoms with Crippen LogP contribution in [0.1, 0.15) is 25.7 Å². The number of nitrogens with one attached hydrogen (secondary N) is 1. The van der Waals surface area contributed by atoms with Crippen molar-refractivity contribution >= 4 is 35.2 Å². The molecule has 0 aromatic heterocycles. The van der Waals surface area contributed by atoms with Crippen LogP contribution in [0.2, 0.25) is 0 Å². The molecule has 0 bridgehead atoms. The molecular weight excluding hydrogens is 359 g/mol. The van der Waals surface area contributed by atoms with Gasteiger partial charge in [-0.1, -0.05) is 12.5 Å². The minimum atomic E-state index is -0.862. The van der Waals surface area contributed by atoms with Gasteiger partial charge in [0.05, 0.1) is 11.8 Å². The number of carboxylic acid groups (broad SMARTS) is 1. The van der Waals surface area contributed by atoms with E-state index in [1.165, 1.54) is 34.9 Å². The number of nitrogens with zero attached hydrogens (tertiary/aromatic N) is 1. The molecule has 1 saturated carbocycles. The van der Waals surface area contributed by atoms with E-state index in [1.54, 1.807) is 6.07 Å². The average Bonchev–Trinajstić information content (AvgIpc) is 3.11. The van der Waals surface area contributed by atoms with Crippen LogP contribution >= 0.6 is 11.8 Å². The van der Waals surface area contributed by atoms with Gasteiger partial charge in [-0.05, 0) is 37.5 Å². The molecule has 2 N–H and O–H groups in total. The molecule has 2 amide bonds. The van der Waals surface area contributed by atoms with E-state index in [0.29, 0.717) is 43.0 Å². The number of hydrogen-bond acceptors (Lipinski definition) is 4. The summed E-state index contributed by atoms with van der Waals surface area (Å²) >= 11 is 1.49. The molecule has 0 spiro atoms. The van der Waals surface area contributed by atoms with E-state index < -0.39 is 23.7 Å². The second-order valence-corrected chi connectivity index (χ2v) is 7.72. The van der Waals surface area contributed by atoms with Gasteiger partial charge in [0.1, 0.15) is 11.9 Å². The van der Waals surface area contributed by atoms with Crippen LogP contribution in [-0.4, -0.2) is 45.5 Å². The minimum Gasteiger partial charge on any atom is -0.481 e. The largest absolute Gasteiger partial charge is 0.481 e. The average molecular weight is 380 g/mol. The highest BCUT2D eigenvalue weighted by Crippen LogP contribution is 2.33. The zero-order valence-corrected chi connectivity index (χ0v) is 15.0. The third kappa shape index (κ3) is 4.17. The smallest absolute Gasteiger partial charge is 0.306 e. The lowest BCUT2D eigenvalue weighted by molar-refractivity contribution is -0.146. The number of anilines is 1. The van der Waals surface area contributed by atoms with Gasteiger partial charge < -0.3 is 15.3 Å². The van der Waals surface area contributed by atoms with Crippen LogP contribution in [0.3, 0.4) is 0 Å². The summed E-state index contributed by atoms with van der Waals surface area (Å²) in [6, 6.07) is 4.99. The molecular formula is C18H21FN2O4S. The van der Waals surface area contributed by atoms with Crippen molar-refractivity contribution in [2.24, 2.45) is 11.8 Å². The Kier molecular flexibility index (Phi) is 5.80. The second-order valence-electron chi connectivity index (χ2n) is 6.72. The summed E-state index contributed by atoms with van der Waals surface area (Å²) in [7, 11) is 0. The fourth-order valence-corrected chi connectivity index (χ4v) is 4.71. The quantitative estimate of drug-likeness (QED) is 0.838. The van der Waals surface area contributed by atoms with E-state index in [4.69, 9.17) is 0 Å². The Morgan fingerprint density at radius 2 is 2.00 bits per heavy atom. The van der Waals surface area contributed by atoms with Gasteiger partial charge in [-0.15, -0.1) is 11.8 Å². The highest BCUT2D eigenvalue weighted by atomic mass is 32.2. The van der Waals surface area contributed by atoms with Gasteiger partial charge >= 0.3 is 5.97 Å². The lowest BCUT2D eigenvalue weighted by Gasteiger charge is -2.31. The number of hydrogen-bond donors (Lipinski definition) is 2. The van der Waals surface area contributed by atoms with Gasteiger partial charge in [-0.3, -0.25) is 14.4 Å². The van der Waals surface area contributed by atoms with Gasteiger partial charge in [-0.2, -0.15) is 0 Å². The van der Waals surface area contributed by atoms with Gasteiger partial charge in [-0.25, -0.2) is 4.39 Å². The zero-order chi connectivity index (χ0) is 18.7. The lowest BCUT2D eigenvalue weighted by atomic mass is 9.80. The maximum absolute atomic E-state index is 13.3. The predicted molar refractivity (Wildman–Crippen MR) is 96.1 cm³/mol. The van der Waals surface area contributed by atoms with Crippen molar-refractivity contribution in [1.29, 1.82) is 0 Å². The molecule has 3 unspecified atom stereocenters. The van der Waals surface area contributed by atoms with Crippen molar-refractivity contribution < 1.29 is 23.9 Å². The monoisotopic (exact) mass is 380 g/mol. The number of carboxylic acids is 1. The maximum Gasteiger partial charge on any atom is 0.306 e. The summed E-state index contributed by atoms with van der Waals surface area (Å²) in [6.07, 6.45) is 2.28. The molecule has 1 aliphatic heterocycles. The zero-order valence-electron chi connectivity index (χ0n) is 14.2. The summed E-state index contributed by atoms with van der Waals surface area (Å²) in [5.41, 5.74) is 0.350. The number of rotatable bonds is 4. The molecule has 3 atom stereocenters. The van der Waals surface area contributed by atoms with Crippen LogP contribution in [-0.2, 0) is 14.4 Å². The number of benzene rings is 1. The first-order valence-electron chi connectivity index (χ1n) is 8.63. The summed E-state index contributed by atoms with van der Waals surface area (Å²) in [5, 5.41) is 11.9. The molecule has 2 aliphatic rings. The van der Waals surface area contributed by atoms with Crippen molar-refractivity contribution in [1.82, 2.24) is 4.90 Å². The van der Waals surface area contributed by atoms with Gasteiger partial charge in [0.25, 0.3) is 0 Å². The first kappa shape index (κ1) is 18.7. The van der Waals surface area contributed by atoms with Crippen LogP contribution in [0, 0.1) is 17.7 Å². The standard InChI is InChI=1S/C18H21FN2O4S/c19-13-5-2-6-14(8-13)20-16(22)15-9-26-10-21(15)17(23)11-3-1-4-12(7-11)18(24)25/h2,5-6,8,11-12,15H,1,3-4,7,9-10H2,(H,20,22)(H,24,25). The number of thioether (sulfide) groups is 1. The predicted octanol–water partition coefficient (Wildman–Crippen LogP) is 2.56. The summed E-state index contributed by atoms with van der Waals surface area (Å²) in [5.74, 6) is -1.77. The van der Waals surface area contributed by atoms with Crippen molar-refractivity contribution in [3.63, 3.8) is 0 Å². The molecule has 1 aliphatic carbocycles. The highest BCUT2D eigenvalue weighted by Gasteiger charge is 2.40. The van der Waals surface area contributed by atoms with Crippen LogP contribution in [0.4, 0.5) is 10.1 Å². The van der Waals surface area contributed by atoms with Crippen molar-refractivity contribution in [3.05, 3.63) is 30.1 Å². The van der Waals surface area contributed by atoms with E-state index in [0.717, 1.165) is 0 Å². The summed E-state index contributed by atoms with van der Waals surface area (Å²) in [6.45, 7) is 0. The topological polar surface area (TPSA) is 86.7 Å². The Hall–Kier alpha value is -2.09. The Morgan fingerprint density at radius 1 is 1.23 bits per heavy atom. The molecule has 1 heterocycles. The van der Waals surface area contributed by atoms with Crippen LogP contribution in [0.15, 0.2) is 24.3 Å². The molecule has 0 radical (unpaired) electrons. The summed E-state index contributed by atoms with van der Waals surface area (Å²) in [4.78, 5) is 38.2. The highest BCUT2D eigenvalue weighted by molar-refractivity contribution is 7.99. The third-order valence-electron chi connectivity index (χ3n) is 4.93. The number of halogens is 1. The SMILES string of the molecule is O=C(O)C1CCCC(C(=O)N2CSCC2C(=O)Nc2cccc(F)c2)C1. The Balaban J connectivity index is 1.66. The molecule has 8 heteroatoms. The first-order chi connectivity index (χ1) is 12.5. The molecule has 6 nitrogen and oxygen atoms in total. The second kappa shape index (κ2) is 8.07. The number of amides is 2. The molecule has 1 saturated heterocycles. The fraction of sp³-hybridized carbons (Fsp3) is 0.500. The van der Waals surface area contributed by atoms with Crippen LogP contribution in [0.5, 0.6) is 0 Å². The van der Waals surface area contributed by atoms with Crippen LogP contribution < -0.4 is 5.32 Å². The minimum absolute atomic E-state index is 0.152. The number of carbonyl (C=O) groups excluding carboxylic acids is 2. The first-order valence-corrected chi connectivity index (χ1v) is 9.78. The van der Waals surface area contributed by atoms with E-state index >= 15 is 0 Å². The van der Waals surface area contributed by atoms with Gasteiger partial charge in [0.2, 0.25) is 11.8 Å². The van der Waals surface area contributed by atoms with E-state index in [1.807, 2.05) is 0 Å². The summed E-state index contributed by atoms with van der Waals surface area (Å²) < 4.78 is 13.3. The number of carbonyl (C=O) groups is 3. The molecule has 1 aromatic rings.